The molecule has 0 aliphatic carbocycles. The fourth-order valence-corrected chi connectivity index (χ4v) is 4.62. The van der Waals surface area contributed by atoms with Crippen LogP contribution in [0, 0.1) is 18.3 Å². The number of aryl methyl sites for hydroxylation is 1. The molecule has 4 aromatic rings. The molecule has 0 radical (unpaired) electrons. The summed E-state index contributed by atoms with van der Waals surface area (Å²) in [6, 6.07) is 19.5. The molecule has 188 valence electrons. The summed E-state index contributed by atoms with van der Waals surface area (Å²) in [7, 11) is 0. The fourth-order valence-electron chi connectivity index (χ4n) is 4.35. The van der Waals surface area contributed by atoms with Crippen molar-refractivity contribution in [3.63, 3.8) is 0 Å². The Balaban J connectivity index is 1.82. The molecule has 2 aromatic heterocycles. The molecule has 0 bridgehead atoms. The zero-order chi connectivity index (χ0) is 26.4. The molecule has 0 aliphatic heterocycles. The predicted octanol–water partition coefficient (Wildman–Crippen LogP) is 5.44. The highest BCUT2D eigenvalue weighted by molar-refractivity contribution is 6.35. The number of hydrogen-bond acceptors (Lipinski definition) is 8. The molecule has 0 spiro atoms. The summed E-state index contributed by atoms with van der Waals surface area (Å²) >= 11 is 6.71. The maximum Gasteiger partial charge on any atom is 0.103 e. The van der Waals surface area contributed by atoms with Crippen molar-refractivity contribution in [1.29, 1.82) is 5.26 Å². The first-order chi connectivity index (χ1) is 18.0. The molecule has 4 rings (SSSR count). The van der Waals surface area contributed by atoms with Gasteiger partial charge in [0, 0.05) is 40.9 Å². The lowest BCUT2D eigenvalue weighted by atomic mass is 10.0. The molecule has 37 heavy (non-hydrogen) atoms. The third-order valence-corrected chi connectivity index (χ3v) is 6.52. The Morgan fingerprint density at radius 2 is 1.92 bits per heavy atom. The van der Waals surface area contributed by atoms with E-state index in [0.717, 1.165) is 28.6 Å². The first-order valence-electron chi connectivity index (χ1n) is 11.9. The van der Waals surface area contributed by atoms with Gasteiger partial charge in [-0.1, -0.05) is 54.9 Å². The molecule has 2 heterocycles. The molecular formula is C28H29ClN8. The van der Waals surface area contributed by atoms with Crippen molar-refractivity contribution in [2.24, 2.45) is 11.6 Å². The lowest BCUT2D eigenvalue weighted by molar-refractivity contribution is 0.750. The molecule has 0 saturated carbocycles. The van der Waals surface area contributed by atoms with Crippen LogP contribution in [0.2, 0.25) is 5.02 Å². The van der Waals surface area contributed by atoms with Crippen molar-refractivity contribution < 1.29 is 0 Å². The summed E-state index contributed by atoms with van der Waals surface area (Å²) in [4.78, 5) is 8.88. The van der Waals surface area contributed by atoms with Gasteiger partial charge in [0.15, 0.2) is 0 Å². The monoisotopic (exact) mass is 512 g/mol. The predicted molar refractivity (Wildman–Crippen MR) is 149 cm³/mol. The number of nitrogens with one attached hydrogen (secondary N) is 3. The van der Waals surface area contributed by atoms with Crippen LogP contribution in [-0.4, -0.2) is 9.97 Å². The Kier molecular flexibility index (Phi) is 8.08. The van der Waals surface area contributed by atoms with Crippen LogP contribution in [0.4, 0.5) is 11.4 Å². The van der Waals surface area contributed by atoms with Gasteiger partial charge >= 0.3 is 0 Å². The van der Waals surface area contributed by atoms with Gasteiger partial charge in [0.2, 0.25) is 0 Å². The van der Waals surface area contributed by atoms with E-state index in [9.17, 15) is 5.26 Å². The van der Waals surface area contributed by atoms with E-state index in [1.165, 1.54) is 6.20 Å². The van der Waals surface area contributed by atoms with Crippen molar-refractivity contribution in [2.45, 2.75) is 32.4 Å². The van der Waals surface area contributed by atoms with E-state index < -0.39 is 6.04 Å². The van der Waals surface area contributed by atoms with Crippen LogP contribution in [0.25, 0.3) is 10.9 Å². The summed E-state index contributed by atoms with van der Waals surface area (Å²) in [5, 5.41) is 18.1. The van der Waals surface area contributed by atoms with Crippen LogP contribution >= 0.6 is 11.6 Å². The number of anilines is 2. The highest BCUT2D eigenvalue weighted by atomic mass is 35.5. The molecular weight excluding hydrogens is 484 g/mol. The summed E-state index contributed by atoms with van der Waals surface area (Å²) < 4.78 is 0. The van der Waals surface area contributed by atoms with Crippen LogP contribution in [0.1, 0.15) is 47.8 Å². The van der Waals surface area contributed by atoms with E-state index >= 15 is 0 Å². The zero-order valence-corrected chi connectivity index (χ0v) is 21.4. The van der Waals surface area contributed by atoms with Gasteiger partial charge in [-0.25, -0.2) is 0 Å². The summed E-state index contributed by atoms with van der Waals surface area (Å²) in [6.45, 7) is 4.02. The minimum absolute atomic E-state index is 0.00529. The largest absolute Gasteiger partial charge is 0.399 e. The first kappa shape index (κ1) is 25.8. The number of pyridine rings is 2. The van der Waals surface area contributed by atoms with Crippen LogP contribution < -0.4 is 27.6 Å². The number of hydrazine groups is 1. The van der Waals surface area contributed by atoms with Gasteiger partial charge in [-0.05, 0) is 37.1 Å². The van der Waals surface area contributed by atoms with Crippen molar-refractivity contribution in [3.05, 3.63) is 106 Å². The molecule has 2 aromatic carbocycles. The molecule has 0 aliphatic rings. The van der Waals surface area contributed by atoms with Gasteiger partial charge < -0.3 is 21.8 Å². The standard InChI is InChI=1S/C28H29ClN8/c1-3-25(18-8-5-4-6-9-18)37-26-19(14-30)15-34-27-22(26)12-20(13-23(27)29)36-28(24(31)16-35-32)21-10-7-11-33-17(21)2/h4-13,15-16,25,28,35-36H,3,31-32H2,1-2H3,(H,34,37)/b24-16-/t25-,28+/m1/s1. The Hall–Kier alpha value is -4.32. The van der Waals surface area contributed by atoms with Crippen LogP contribution in [0.3, 0.4) is 0 Å². The summed E-state index contributed by atoms with van der Waals surface area (Å²) in [6.07, 6.45) is 5.63. The number of nitriles is 1. The van der Waals surface area contributed by atoms with Crippen molar-refractivity contribution in [2.75, 3.05) is 10.6 Å². The minimum Gasteiger partial charge on any atom is -0.399 e. The number of hydrogen-bond donors (Lipinski definition) is 5. The third-order valence-electron chi connectivity index (χ3n) is 6.23. The SMILES string of the molecule is CC[C@@H](Nc1c(C#N)cnc2c(Cl)cc(N[C@H](/C(N)=C/NN)c3cccnc3C)cc12)c1ccccc1. The number of fused-ring (bicyclic) bond motifs is 1. The maximum atomic E-state index is 9.90. The molecule has 0 unspecified atom stereocenters. The number of aromatic nitrogens is 2. The number of benzene rings is 2. The van der Waals surface area contributed by atoms with Gasteiger partial charge in [-0.2, -0.15) is 5.26 Å². The van der Waals surface area contributed by atoms with Gasteiger partial charge in [0.25, 0.3) is 0 Å². The summed E-state index contributed by atoms with van der Waals surface area (Å²) in [5.74, 6) is 5.52. The van der Waals surface area contributed by atoms with E-state index in [-0.39, 0.29) is 6.04 Å². The van der Waals surface area contributed by atoms with E-state index in [1.54, 1.807) is 18.5 Å². The second-order valence-electron chi connectivity index (χ2n) is 8.60. The second kappa shape index (κ2) is 11.6. The zero-order valence-electron chi connectivity index (χ0n) is 20.7. The Morgan fingerprint density at radius 1 is 1.14 bits per heavy atom. The molecule has 0 saturated heterocycles. The molecule has 0 fully saturated rings. The van der Waals surface area contributed by atoms with Crippen LogP contribution in [0.5, 0.6) is 0 Å². The molecule has 9 heteroatoms. The highest BCUT2D eigenvalue weighted by Crippen LogP contribution is 2.37. The van der Waals surface area contributed by atoms with Gasteiger partial charge in [0.05, 0.1) is 39.6 Å². The molecule has 0 amide bonds. The van der Waals surface area contributed by atoms with Crippen LogP contribution in [-0.2, 0) is 0 Å². The normalized spacial score (nSPS) is 13.0. The smallest absolute Gasteiger partial charge is 0.103 e. The third kappa shape index (κ3) is 5.59. The van der Waals surface area contributed by atoms with E-state index in [1.807, 2.05) is 43.3 Å². The average Bonchev–Trinajstić information content (AvgIpc) is 2.91. The average molecular weight is 513 g/mol. The fraction of sp³-hybridized carbons (Fsp3) is 0.179. The lowest BCUT2D eigenvalue weighted by Gasteiger charge is -2.24. The van der Waals surface area contributed by atoms with Gasteiger partial charge in [-0.3, -0.25) is 15.8 Å². The van der Waals surface area contributed by atoms with Crippen molar-refractivity contribution in [3.8, 4) is 6.07 Å². The topological polar surface area (TPSA) is 138 Å². The van der Waals surface area contributed by atoms with Crippen molar-refractivity contribution >= 4 is 33.9 Å². The van der Waals surface area contributed by atoms with E-state index in [2.05, 4.69) is 51.2 Å². The first-order valence-corrected chi connectivity index (χ1v) is 12.3. The number of nitrogens with zero attached hydrogens (tertiary/aromatic N) is 3. The highest BCUT2D eigenvalue weighted by Gasteiger charge is 2.20. The van der Waals surface area contributed by atoms with E-state index in [4.69, 9.17) is 23.2 Å². The molecule has 7 N–H and O–H groups in total. The van der Waals surface area contributed by atoms with E-state index in [0.29, 0.717) is 33.2 Å². The van der Waals surface area contributed by atoms with Gasteiger partial charge in [0.1, 0.15) is 6.07 Å². The number of halogens is 1. The number of nitrogens with two attached hydrogens (primary N) is 2. The molecule has 2 atom stereocenters. The Labute approximate surface area is 221 Å². The van der Waals surface area contributed by atoms with Crippen molar-refractivity contribution in [1.82, 2.24) is 15.4 Å². The minimum atomic E-state index is -0.436. The van der Waals surface area contributed by atoms with Gasteiger partial charge in [-0.15, -0.1) is 0 Å². The Morgan fingerprint density at radius 3 is 2.59 bits per heavy atom. The lowest BCUT2D eigenvalue weighted by Crippen LogP contribution is -2.24. The Bertz CT molecular complexity index is 1460. The second-order valence-corrected chi connectivity index (χ2v) is 9.00. The quantitative estimate of drug-likeness (QED) is 0.147. The molecule has 8 nitrogen and oxygen atoms in total. The summed E-state index contributed by atoms with van der Waals surface area (Å²) in [5.41, 5.74) is 14.6. The number of rotatable bonds is 9. The van der Waals surface area contributed by atoms with Crippen LogP contribution in [0.15, 0.2) is 78.9 Å². The maximum absolute atomic E-state index is 9.90.